The SMILES string of the molecule is CCCCNC(=O)[C@@H](C)N(Cc1ccc(Br)cc1)C(=O)CN(c1cccc(C)c1)S(=O)(=O)c1ccccc1. The number of hydrogen-bond acceptors (Lipinski definition) is 4. The van der Waals surface area contributed by atoms with Crippen molar-refractivity contribution in [3.05, 3.63) is 94.5 Å². The van der Waals surface area contributed by atoms with Crippen LogP contribution in [0.25, 0.3) is 0 Å². The Labute approximate surface area is 234 Å². The Morgan fingerprint density at radius 1 is 0.974 bits per heavy atom. The van der Waals surface area contributed by atoms with Crippen molar-refractivity contribution in [2.24, 2.45) is 0 Å². The summed E-state index contributed by atoms with van der Waals surface area (Å²) in [6.45, 7) is 5.77. The maximum Gasteiger partial charge on any atom is 0.264 e. The summed E-state index contributed by atoms with van der Waals surface area (Å²) in [5, 5.41) is 2.89. The summed E-state index contributed by atoms with van der Waals surface area (Å²) in [5.74, 6) is -0.760. The second kappa shape index (κ2) is 13.6. The zero-order valence-electron chi connectivity index (χ0n) is 21.9. The third kappa shape index (κ3) is 7.68. The van der Waals surface area contributed by atoms with Gasteiger partial charge in [0.05, 0.1) is 10.6 Å². The van der Waals surface area contributed by atoms with E-state index in [1.165, 1.54) is 17.0 Å². The summed E-state index contributed by atoms with van der Waals surface area (Å²) in [7, 11) is -4.06. The summed E-state index contributed by atoms with van der Waals surface area (Å²) < 4.78 is 29.5. The molecule has 0 unspecified atom stereocenters. The number of halogens is 1. The lowest BCUT2D eigenvalue weighted by Gasteiger charge is -2.32. The number of amides is 2. The molecule has 1 N–H and O–H groups in total. The number of unbranched alkanes of at least 4 members (excludes halogenated alkanes) is 1. The molecule has 0 saturated heterocycles. The molecule has 0 spiro atoms. The zero-order valence-corrected chi connectivity index (χ0v) is 24.3. The van der Waals surface area contributed by atoms with Gasteiger partial charge in [-0.3, -0.25) is 13.9 Å². The molecule has 202 valence electrons. The molecule has 0 radical (unpaired) electrons. The van der Waals surface area contributed by atoms with Gasteiger partial charge in [-0.05, 0) is 67.8 Å². The van der Waals surface area contributed by atoms with Gasteiger partial charge in [-0.1, -0.05) is 71.7 Å². The second-order valence-electron chi connectivity index (χ2n) is 9.13. The molecule has 3 aromatic carbocycles. The van der Waals surface area contributed by atoms with E-state index in [1.807, 2.05) is 44.2 Å². The second-order valence-corrected chi connectivity index (χ2v) is 11.9. The maximum atomic E-state index is 13.9. The van der Waals surface area contributed by atoms with Crippen LogP contribution in [0, 0.1) is 6.92 Å². The minimum absolute atomic E-state index is 0.0825. The third-order valence-electron chi connectivity index (χ3n) is 6.16. The van der Waals surface area contributed by atoms with Crippen LogP contribution in [0.2, 0.25) is 0 Å². The minimum Gasteiger partial charge on any atom is -0.354 e. The van der Waals surface area contributed by atoms with E-state index in [0.717, 1.165) is 32.7 Å². The number of rotatable bonds is 12. The average molecular weight is 601 g/mol. The molecule has 3 aromatic rings. The van der Waals surface area contributed by atoms with Crippen molar-refractivity contribution < 1.29 is 18.0 Å². The molecule has 9 heteroatoms. The topological polar surface area (TPSA) is 86.8 Å². The largest absolute Gasteiger partial charge is 0.354 e. The molecule has 2 amide bonds. The van der Waals surface area contributed by atoms with Gasteiger partial charge in [0.1, 0.15) is 12.6 Å². The molecule has 0 heterocycles. The van der Waals surface area contributed by atoms with E-state index in [2.05, 4.69) is 21.2 Å². The Hall–Kier alpha value is -3.17. The van der Waals surface area contributed by atoms with E-state index in [9.17, 15) is 18.0 Å². The smallest absolute Gasteiger partial charge is 0.264 e. The van der Waals surface area contributed by atoms with Crippen LogP contribution in [-0.2, 0) is 26.2 Å². The van der Waals surface area contributed by atoms with Crippen LogP contribution in [-0.4, -0.2) is 44.3 Å². The van der Waals surface area contributed by atoms with Crippen LogP contribution in [0.5, 0.6) is 0 Å². The van der Waals surface area contributed by atoms with Crippen molar-refractivity contribution >= 4 is 43.5 Å². The van der Waals surface area contributed by atoms with E-state index in [1.54, 1.807) is 43.3 Å². The molecule has 0 fully saturated rings. The van der Waals surface area contributed by atoms with Gasteiger partial charge >= 0.3 is 0 Å². The van der Waals surface area contributed by atoms with Crippen molar-refractivity contribution in [2.75, 3.05) is 17.4 Å². The van der Waals surface area contributed by atoms with Crippen molar-refractivity contribution in [2.45, 2.75) is 51.1 Å². The zero-order chi connectivity index (χ0) is 27.7. The first-order valence-corrected chi connectivity index (χ1v) is 14.8. The molecular formula is C29H34BrN3O4S. The van der Waals surface area contributed by atoms with Gasteiger partial charge < -0.3 is 10.2 Å². The van der Waals surface area contributed by atoms with E-state index >= 15 is 0 Å². The number of carbonyl (C=O) groups is 2. The van der Waals surface area contributed by atoms with Crippen molar-refractivity contribution in [1.29, 1.82) is 0 Å². The molecule has 38 heavy (non-hydrogen) atoms. The highest BCUT2D eigenvalue weighted by Crippen LogP contribution is 2.25. The van der Waals surface area contributed by atoms with Gasteiger partial charge in [0, 0.05) is 17.6 Å². The van der Waals surface area contributed by atoms with Gasteiger partial charge in [-0.2, -0.15) is 0 Å². The Kier molecular flexibility index (Phi) is 10.5. The van der Waals surface area contributed by atoms with Gasteiger partial charge in [0.25, 0.3) is 10.0 Å². The molecule has 0 aliphatic rings. The van der Waals surface area contributed by atoms with Crippen molar-refractivity contribution in [1.82, 2.24) is 10.2 Å². The fourth-order valence-corrected chi connectivity index (χ4v) is 5.63. The highest BCUT2D eigenvalue weighted by atomic mass is 79.9. The first kappa shape index (κ1) is 29.4. The first-order valence-electron chi connectivity index (χ1n) is 12.6. The Morgan fingerprint density at radius 2 is 1.66 bits per heavy atom. The molecule has 0 bridgehead atoms. The highest BCUT2D eigenvalue weighted by Gasteiger charge is 2.32. The number of benzene rings is 3. The van der Waals surface area contributed by atoms with Crippen molar-refractivity contribution in [3.8, 4) is 0 Å². The summed E-state index contributed by atoms with van der Waals surface area (Å²) in [4.78, 5) is 28.4. The predicted molar refractivity (Wildman–Crippen MR) is 154 cm³/mol. The highest BCUT2D eigenvalue weighted by molar-refractivity contribution is 9.10. The Balaban J connectivity index is 1.98. The molecule has 0 aromatic heterocycles. The number of aryl methyl sites for hydroxylation is 1. The van der Waals surface area contributed by atoms with Crippen molar-refractivity contribution in [3.63, 3.8) is 0 Å². The van der Waals surface area contributed by atoms with Crippen LogP contribution in [0.3, 0.4) is 0 Å². The summed E-state index contributed by atoms with van der Waals surface area (Å²) in [6.07, 6.45) is 1.76. The van der Waals surface area contributed by atoms with Gasteiger partial charge in [0.15, 0.2) is 0 Å². The van der Waals surface area contributed by atoms with Gasteiger partial charge in [-0.15, -0.1) is 0 Å². The van der Waals surface area contributed by atoms with Crippen LogP contribution in [0.4, 0.5) is 5.69 Å². The number of hydrogen-bond donors (Lipinski definition) is 1. The normalized spacial score (nSPS) is 12.0. The molecular weight excluding hydrogens is 566 g/mol. The summed E-state index contributed by atoms with van der Waals surface area (Å²) >= 11 is 3.42. The Morgan fingerprint density at radius 3 is 2.29 bits per heavy atom. The fraction of sp³-hybridized carbons (Fsp3) is 0.310. The lowest BCUT2D eigenvalue weighted by molar-refractivity contribution is -0.139. The molecule has 0 aliphatic heterocycles. The lowest BCUT2D eigenvalue weighted by atomic mass is 10.1. The van der Waals surface area contributed by atoms with Crippen LogP contribution in [0.1, 0.15) is 37.8 Å². The third-order valence-corrected chi connectivity index (χ3v) is 8.48. The minimum atomic E-state index is -4.06. The molecule has 7 nitrogen and oxygen atoms in total. The number of nitrogens with one attached hydrogen (secondary N) is 1. The van der Waals surface area contributed by atoms with E-state index in [0.29, 0.717) is 12.2 Å². The average Bonchev–Trinajstić information content (AvgIpc) is 2.91. The van der Waals surface area contributed by atoms with E-state index in [-0.39, 0.29) is 17.3 Å². The molecule has 3 rings (SSSR count). The van der Waals surface area contributed by atoms with E-state index in [4.69, 9.17) is 0 Å². The summed E-state index contributed by atoms with van der Waals surface area (Å²) in [5.41, 5.74) is 2.06. The molecule has 0 aliphatic carbocycles. The number of carbonyl (C=O) groups excluding carboxylic acids is 2. The first-order chi connectivity index (χ1) is 18.1. The lowest BCUT2D eigenvalue weighted by Crippen LogP contribution is -2.51. The number of sulfonamides is 1. The maximum absolute atomic E-state index is 13.9. The monoisotopic (exact) mass is 599 g/mol. The summed E-state index contributed by atoms with van der Waals surface area (Å²) in [6, 6.07) is 21.7. The van der Waals surface area contributed by atoms with Gasteiger partial charge in [0.2, 0.25) is 11.8 Å². The van der Waals surface area contributed by atoms with Gasteiger partial charge in [-0.25, -0.2) is 8.42 Å². The number of anilines is 1. The standard InChI is InChI=1S/C29H34BrN3O4S/c1-4-5-18-31-29(35)23(3)32(20-24-14-16-25(30)17-15-24)28(34)21-33(26-11-9-10-22(2)19-26)38(36,37)27-12-7-6-8-13-27/h6-17,19,23H,4-5,18,20-21H2,1-3H3,(H,31,35)/t23-/m1/s1. The number of nitrogens with zero attached hydrogens (tertiary/aromatic N) is 2. The van der Waals surface area contributed by atoms with Crippen LogP contribution in [0.15, 0.2) is 88.2 Å². The van der Waals surface area contributed by atoms with E-state index < -0.39 is 28.5 Å². The van der Waals surface area contributed by atoms with Crippen LogP contribution < -0.4 is 9.62 Å². The molecule has 1 atom stereocenters. The van der Waals surface area contributed by atoms with Crippen LogP contribution >= 0.6 is 15.9 Å². The quantitative estimate of drug-likeness (QED) is 0.287. The molecule has 0 saturated carbocycles. The fourth-order valence-electron chi connectivity index (χ4n) is 3.94. The predicted octanol–water partition coefficient (Wildman–Crippen LogP) is 5.29. The Bertz CT molecular complexity index is 1330.